The molecule has 4 nitrogen and oxygen atoms in total. The van der Waals surface area contributed by atoms with Gasteiger partial charge < -0.3 is 9.47 Å². The number of ether oxygens (including phenoxy) is 2. The molecule has 1 aliphatic rings. The molecule has 5 heteroatoms. The van der Waals surface area contributed by atoms with E-state index in [1.165, 1.54) is 12.0 Å². The van der Waals surface area contributed by atoms with Crippen molar-refractivity contribution < 1.29 is 14.3 Å². The van der Waals surface area contributed by atoms with E-state index in [2.05, 4.69) is 45.2 Å². The minimum absolute atomic E-state index is 0.144. The van der Waals surface area contributed by atoms with Gasteiger partial charge in [-0.2, -0.15) is 0 Å². The molecule has 2 heterocycles. The summed E-state index contributed by atoms with van der Waals surface area (Å²) in [7, 11) is 1.43. The summed E-state index contributed by atoms with van der Waals surface area (Å²) in [5.41, 5.74) is -0.468. The highest BCUT2D eigenvalue weighted by molar-refractivity contribution is 7.09. The Kier molecular flexibility index (Phi) is 4.63. The first kappa shape index (κ1) is 16.3. The fraction of sp³-hybridized carbons (Fsp3) is 0.688. The quantitative estimate of drug-likeness (QED) is 0.849. The molecule has 0 bridgehead atoms. The van der Waals surface area contributed by atoms with Crippen molar-refractivity contribution >= 4 is 17.4 Å². The first-order chi connectivity index (χ1) is 9.78. The standard InChI is InChI=1S/C16H25NO3S/c1-15(2,3)13-17(14(18)19-5)16(4,11-20-13)9-8-12-7-6-10-21-12/h6-7,10,13H,8-9,11H2,1-5H3/t13-,16-/m1/s1. The van der Waals surface area contributed by atoms with Crippen LogP contribution in [0.1, 0.15) is 39.0 Å². The summed E-state index contributed by atoms with van der Waals surface area (Å²) in [6.07, 6.45) is 1.26. The number of carbonyl (C=O) groups excluding carboxylic acids is 1. The molecule has 2 rings (SSSR count). The highest BCUT2D eigenvalue weighted by atomic mass is 32.1. The van der Waals surface area contributed by atoms with Crippen molar-refractivity contribution in [3.05, 3.63) is 22.4 Å². The van der Waals surface area contributed by atoms with Crippen LogP contribution < -0.4 is 0 Å². The molecule has 0 unspecified atom stereocenters. The average Bonchev–Trinajstić information content (AvgIpc) is 3.02. The Morgan fingerprint density at radius 2 is 2.29 bits per heavy atom. The average molecular weight is 311 g/mol. The monoisotopic (exact) mass is 311 g/mol. The minimum Gasteiger partial charge on any atom is -0.453 e. The summed E-state index contributed by atoms with van der Waals surface area (Å²) < 4.78 is 11.0. The lowest BCUT2D eigenvalue weighted by atomic mass is 9.90. The summed E-state index contributed by atoms with van der Waals surface area (Å²) in [6.45, 7) is 8.88. The van der Waals surface area contributed by atoms with E-state index in [-0.39, 0.29) is 23.3 Å². The van der Waals surface area contributed by atoms with Gasteiger partial charge >= 0.3 is 6.09 Å². The van der Waals surface area contributed by atoms with E-state index in [4.69, 9.17) is 9.47 Å². The topological polar surface area (TPSA) is 38.8 Å². The van der Waals surface area contributed by atoms with E-state index < -0.39 is 0 Å². The molecule has 118 valence electrons. The zero-order valence-electron chi connectivity index (χ0n) is 13.5. The molecule has 0 radical (unpaired) electrons. The van der Waals surface area contributed by atoms with Crippen molar-refractivity contribution in [2.75, 3.05) is 13.7 Å². The lowest BCUT2D eigenvalue weighted by molar-refractivity contribution is -0.0463. The largest absolute Gasteiger partial charge is 0.453 e. The molecular weight excluding hydrogens is 286 g/mol. The molecule has 0 N–H and O–H groups in total. The van der Waals surface area contributed by atoms with E-state index in [0.717, 1.165) is 12.8 Å². The second-order valence-electron chi connectivity index (χ2n) is 6.95. The Balaban J connectivity index is 2.18. The molecule has 1 saturated heterocycles. The van der Waals surface area contributed by atoms with Crippen molar-refractivity contribution in [2.24, 2.45) is 5.41 Å². The van der Waals surface area contributed by atoms with Gasteiger partial charge in [0.15, 0.2) is 0 Å². The fourth-order valence-electron chi connectivity index (χ4n) is 2.78. The first-order valence-corrected chi connectivity index (χ1v) is 8.17. The molecule has 0 saturated carbocycles. The van der Waals surface area contributed by atoms with Crippen molar-refractivity contribution in [1.82, 2.24) is 4.90 Å². The molecule has 1 aromatic rings. The van der Waals surface area contributed by atoms with Crippen LogP contribution in [0, 0.1) is 5.41 Å². The molecule has 21 heavy (non-hydrogen) atoms. The lowest BCUT2D eigenvalue weighted by Gasteiger charge is -2.39. The molecule has 1 fully saturated rings. The summed E-state index contributed by atoms with van der Waals surface area (Å²) in [4.78, 5) is 15.4. The highest BCUT2D eigenvalue weighted by Gasteiger charge is 2.51. The number of aryl methyl sites for hydroxylation is 1. The minimum atomic E-state index is -0.324. The molecule has 1 aliphatic heterocycles. The molecule has 1 aromatic heterocycles. The SMILES string of the molecule is COC(=O)N1[C@@H](C(C)(C)C)OC[C@@]1(C)CCc1cccs1. The van der Waals surface area contributed by atoms with Crippen LogP contribution in [-0.2, 0) is 15.9 Å². The Labute approximate surface area is 131 Å². The van der Waals surface area contributed by atoms with Gasteiger partial charge in [0.05, 0.1) is 19.3 Å². The Bertz CT molecular complexity index is 480. The second-order valence-corrected chi connectivity index (χ2v) is 7.98. The predicted molar refractivity (Wildman–Crippen MR) is 84.5 cm³/mol. The van der Waals surface area contributed by atoms with Gasteiger partial charge in [0, 0.05) is 10.3 Å². The molecule has 0 spiro atoms. The van der Waals surface area contributed by atoms with Crippen LogP contribution in [0.2, 0.25) is 0 Å². The van der Waals surface area contributed by atoms with Crippen LogP contribution in [-0.4, -0.2) is 36.5 Å². The molecule has 1 amide bonds. The maximum atomic E-state index is 12.3. The third kappa shape index (κ3) is 3.40. The van der Waals surface area contributed by atoms with Crippen molar-refractivity contribution in [1.29, 1.82) is 0 Å². The summed E-state index contributed by atoms with van der Waals surface area (Å²) >= 11 is 1.75. The third-order valence-corrected chi connectivity index (χ3v) is 4.91. The Hall–Kier alpha value is -1.07. The number of amides is 1. The molecule has 0 aliphatic carbocycles. The van der Waals surface area contributed by atoms with E-state index in [1.807, 2.05) is 0 Å². The van der Waals surface area contributed by atoms with Gasteiger partial charge in [0.1, 0.15) is 6.23 Å². The van der Waals surface area contributed by atoms with Crippen LogP contribution in [0.15, 0.2) is 17.5 Å². The van der Waals surface area contributed by atoms with Crippen LogP contribution in [0.25, 0.3) is 0 Å². The lowest BCUT2D eigenvalue weighted by Crippen LogP contribution is -2.53. The van der Waals surface area contributed by atoms with Crippen LogP contribution >= 0.6 is 11.3 Å². The molecular formula is C16H25NO3S. The van der Waals surface area contributed by atoms with E-state index in [0.29, 0.717) is 6.61 Å². The van der Waals surface area contributed by atoms with Crippen molar-refractivity contribution in [3.8, 4) is 0 Å². The van der Waals surface area contributed by atoms with Crippen LogP contribution in [0.5, 0.6) is 0 Å². The van der Waals surface area contributed by atoms with Gasteiger partial charge in [-0.1, -0.05) is 26.8 Å². The van der Waals surface area contributed by atoms with Gasteiger partial charge in [-0.3, -0.25) is 4.90 Å². The van der Waals surface area contributed by atoms with Crippen LogP contribution in [0.4, 0.5) is 4.79 Å². The number of hydrogen-bond acceptors (Lipinski definition) is 4. The highest BCUT2D eigenvalue weighted by Crippen LogP contribution is 2.39. The number of hydrogen-bond donors (Lipinski definition) is 0. The summed E-state index contributed by atoms with van der Waals surface area (Å²) in [5.74, 6) is 0. The van der Waals surface area contributed by atoms with E-state index in [1.54, 1.807) is 16.2 Å². The number of carbonyl (C=O) groups is 1. The number of rotatable bonds is 3. The van der Waals surface area contributed by atoms with Crippen LogP contribution in [0.3, 0.4) is 0 Å². The predicted octanol–water partition coefficient (Wildman–Crippen LogP) is 3.91. The summed E-state index contributed by atoms with van der Waals surface area (Å²) in [5, 5.41) is 2.08. The Morgan fingerprint density at radius 3 is 2.81 bits per heavy atom. The number of thiophene rings is 1. The Morgan fingerprint density at radius 1 is 1.57 bits per heavy atom. The normalized spacial score (nSPS) is 26.1. The zero-order chi connectivity index (χ0) is 15.7. The third-order valence-electron chi connectivity index (χ3n) is 3.97. The van der Waals surface area contributed by atoms with Gasteiger partial charge in [-0.05, 0) is 31.2 Å². The van der Waals surface area contributed by atoms with E-state index in [9.17, 15) is 4.79 Å². The fourth-order valence-corrected chi connectivity index (χ4v) is 3.49. The van der Waals surface area contributed by atoms with Gasteiger partial charge in [0.2, 0.25) is 0 Å². The smallest absolute Gasteiger partial charge is 0.412 e. The van der Waals surface area contributed by atoms with Crippen molar-refractivity contribution in [2.45, 2.75) is 52.3 Å². The first-order valence-electron chi connectivity index (χ1n) is 7.29. The zero-order valence-corrected chi connectivity index (χ0v) is 14.3. The number of nitrogens with zero attached hydrogens (tertiary/aromatic N) is 1. The van der Waals surface area contributed by atoms with E-state index >= 15 is 0 Å². The maximum absolute atomic E-state index is 12.3. The molecule has 2 atom stereocenters. The van der Waals surface area contributed by atoms with Gasteiger partial charge in [-0.15, -0.1) is 11.3 Å². The second kappa shape index (κ2) is 5.97. The number of methoxy groups -OCH3 is 1. The maximum Gasteiger partial charge on any atom is 0.412 e. The van der Waals surface area contributed by atoms with Gasteiger partial charge in [-0.25, -0.2) is 4.79 Å². The van der Waals surface area contributed by atoms with Gasteiger partial charge in [0.25, 0.3) is 0 Å². The molecule has 0 aromatic carbocycles. The van der Waals surface area contributed by atoms with Crippen molar-refractivity contribution in [3.63, 3.8) is 0 Å². The summed E-state index contributed by atoms with van der Waals surface area (Å²) in [6, 6.07) is 4.19.